The molecule has 1 atom stereocenters. The molecule has 0 aliphatic carbocycles. The minimum Gasteiger partial charge on any atom is -0.293 e. The first-order valence-electron chi connectivity index (χ1n) is 6.28. The molecule has 0 saturated heterocycles. The second-order valence-corrected chi connectivity index (χ2v) is 4.24. The molecule has 0 saturated carbocycles. The van der Waals surface area contributed by atoms with Gasteiger partial charge in [0.25, 0.3) is 0 Å². The summed E-state index contributed by atoms with van der Waals surface area (Å²) in [5, 5.41) is 0. The summed E-state index contributed by atoms with van der Waals surface area (Å²) in [6.45, 7) is 6.36. The van der Waals surface area contributed by atoms with E-state index < -0.39 is 0 Å². The van der Waals surface area contributed by atoms with Gasteiger partial charge < -0.3 is 0 Å². The van der Waals surface area contributed by atoms with Gasteiger partial charge in [-0.15, -0.1) is 0 Å². The second-order valence-electron chi connectivity index (χ2n) is 4.24. The van der Waals surface area contributed by atoms with E-state index in [-0.39, 0.29) is 0 Å². The molecule has 0 radical (unpaired) electrons. The fourth-order valence-electron chi connectivity index (χ4n) is 1.54. The van der Waals surface area contributed by atoms with Crippen LogP contribution in [0.15, 0.2) is 41.7 Å². The van der Waals surface area contributed by atoms with Crippen LogP contribution in [0.2, 0.25) is 0 Å². The van der Waals surface area contributed by atoms with Crippen LogP contribution in [0.5, 0.6) is 0 Å². The lowest BCUT2D eigenvalue weighted by atomic mass is 10.0. The molecule has 0 bridgehead atoms. The maximum absolute atomic E-state index is 4.30. The largest absolute Gasteiger partial charge is 0.293 e. The molecular weight excluding hydrogens is 222 g/mol. The van der Waals surface area contributed by atoms with E-state index in [2.05, 4.69) is 34.9 Å². The monoisotopic (exact) mass is 243 g/mol. The molecule has 0 spiro atoms. The van der Waals surface area contributed by atoms with Gasteiger partial charge in [-0.05, 0) is 37.0 Å². The Bertz CT molecular complexity index is 444. The summed E-state index contributed by atoms with van der Waals surface area (Å²) in [6, 6.07) is 1.82. The highest BCUT2D eigenvalue weighted by Crippen LogP contribution is 2.08. The Morgan fingerprint density at radius 2 is 2.06 bits per heavy atom. The third kappa shape index (κ3) is 4.24. The van der Waals surface area contributed by atoms with Gasteiger partial charge in [0, 0.05) is 25.2 Å². The maximum Gasteiger partial charge on any atom is 0.154 e. The molecule has 1 unspecified atom stereocenters. The molecule has 0 fully saturated rings. The summed E-state index contributed by atoms with van der Waals surface area (Å²) < 4.78 is 0. The molecule has 3 heteroatoms. The van der Waals surface area contributed by atoms with Crippen molar-refractivity contribution < 1.29 is 0 Å². The highest BCUT2D eigenvalue weighted by molar-refractivity contribution is 5.96. The van der Waals surface area contributed by atoms with Gasteiger partial charge in [-0.25, -0.2) is 9.97 Å². The Balaban J connectivity index is 2.74. The number of aliphatic imine (C=N–C) groups is 1. The van der Waals surface area contributed by atoms with Gasteiger partial charge in [-0.2, -0.15) is 0 Å². The van der Waals surface area contributed by atoms with Crippen molar-refractivity contribution in [2.45, 2.75) is 27.2 Å². The lowest BCUT2D eigenvalue weighted by molar-refractivity contribution is 0.741. The number of aromatic nitrogens is 2. The van der Waals surface area contributed by atoms with Crippen LogP contribution in [0.25, 0.3) is 5.57 Å². The van der Waals surface area contributed by atoms with Gasteiger partial charge >= 0.3 is 0 Å². The zero-order chi connectivity index (χ0) is 13.4. The van der Waals surface area contributed by atoms with Crippen LogP contribution in [0.3, 0.4) is 0 Å². The van der Waals surface area contributed by atoms with Crippen LogP contribution in [0.1, 0.15) is 33.0 Å². The molecule has 0 aliphatic heterocycles. The molecule has 18 heavy (non-hydrogen) atoms. The zero-order valence-corrected chi connectivity index (χ0v) is 11.6. The summed E-state index contributed by atoms with van der Waals surface area (Å²) in [5.41, 5.74) is 2.17. The van der Waals surface area contributed by atoms with Gasteiger partial charge in [-0.3, -0.25) is 4.99 Å². The number of hydrogen-bond donors (Lipinski definition) is 0. The topological polar surface area (TPSA) is 38.1 Å². The van der Waals surface area contributed by atoms with E-state index in [0.717, 1.165) is 23.5 Å². The van der Waals surface area contributed by atoms with Gasteiger partial charge in [0.1, 0.15) is 0 Å². The third-order valence-electron chi connectivity index (χ3n) is 2.91. The van der Waals surface area contributed by atoms with E-state index in [1.807, 2.05) is 32.2 Å². The van der Waals surface area contributed by atoms with Crippen molar-refractivity contribution in [1.82, 2.24) is 9.97 Å². The molecule has 0 N–H and O–H groups in total. The predicted octanol–water partition coefficient (Wildman–Crippen LogP) is 3.55. The van der Waals surface area contributed by atoms with Crippen molar-refractivity contribution in [3.05, 3.63) is 42.5 Å². The Kier molecular flexibility index (Phi) is 5.98. The quantitative estimate of drug-likeness (QED) is 0.586. The lowest BCUT2D eigenvalue weighted by Gasteiger charge is -2.06. The Morgan fingerprint density at radius 3 is 2.61 bits per heavy atom. The van der Waals surface area contributed by atoms with Crippen LogP contribution >= 0.6 is 0 Å². The number of hydrogen-bond acceptors (Lipinski definition) is 3. The van der Waals surface area contributed by atoms with E-state index in [1.165, 1.54) is 0 Å². The van der Waals surface area contributed by atoms with Crippen LogP contribution in [0.4, 0.5) is 0 Å². The molecule has 0 amide bonds. The molecule has 0 aliphatic rings. The molecule has 3 nitrogen and oxygen atoms in total. The summed E-state index contributed by atoms with van der Waals surface area (Å²) in [5.74, 6) is 1.26. The highest BCUT2D eigenvalue weighted by atomic mass is 14.8. The first-order valence-corrected chi connectivity index (χ1v) is 6.28. The summed E-state index contributed by atoms with van der Waals surface area (Å²) >= 11 is 0. The SMILES string of the molecule is CCC(C)C(/C=C\C=C(/C)c1ncccn1)=NC. The fraction of sp³-hybridized carbons (Fsp3) is 0.400. The average Bonchev–Trinajstić information content (AvgIpc) is 2.43. The minimum atomic E-state index is 0.493. The van der Waals surface area contributed by atoms with Gasteiger partial charge in [-0.1, -0.05) is 26.0 Å². The van der Waals surface area contributed by atoms with Crippen molar-refractivity contribution in [2.75, 3.05) is 7.05 Å². The van der Waals surface area contributed by atoms with Crippen LogP contribution in [-0.2, 0) is 0 Å². The fourth-order valence-corrected chi connectivity index (χ4v) is 1.54. The van der Waals surface area contributed by atoms with Crippen LogP contribution in [0, 0.1) is 5.92 Å². The third-order valence-corrected chi connectivity index (χ3v) is 2.91. The van der Waals surface area contributed by atoms with Crippen molar-refractivity contribution in [2.24, 2.45) is 10.9 Å². The molecule has 1 heterocycles. The predicted molar refractivity (Wildman–Crippen MR) is 77.6 cm³/mol. The van der Waals surface area contributed by atoms with Crippen molar-refractivity contribution in [3.63, 3.8) is 0 Å². The van der Waals surface area contributed by atoms with E-state index in [0.29, 0.717) is 5.92 Å². The summed E-state index contributed by atoms with van der Waals surface area (Å²) in [4.78, 5) is 12.7. The first kappa shape index (κ1) is 14.3. The normalized spacial score (nSPS) is 15.1. The molecule has 96 valence electrons. The standard InChI is InChI=1S/C15H21N3/c1-5-12(2)14(16-4)9-6-8-13(3)15-17-10-7-11-18-15/h6-12H,5H2,1-4H3/b9-6-,13-8+,16-14?. The summed E-state index contributed by atoms with van der Waals surface area (Å²) in [7, 11) is 1.84. The Hall–Kier alpha value is -1.77. The lowest BCUT2D eigenvalue weighted by Crippen LogP contribution is -2.06. The molecule has 0 aromatic carbocycles. The van der Waals surface area contributed by atoms with E-state index in [4.69, 9.17) is 0 Å². The minimum absolute atomic E-state index is 0.493. The average molecular weight is 243 g/mol. The summed E-state index contributed by atoms with van der Waals surface area (Å²) in [6.07, 6.45) is 10.7. The van der Waals surface area contributed by atoms with Crippen molar-refractivity contribution >= 4 is 11.3 Å². The van der Waals surface area contributed by atoms with Crippen LogP contribution in [-0.4, -0.2) is 22.7 Å². The highest BCUT2D eigenvalue weighted by Gasteiger charge is 2.02. The second kappa shape index (κ2) is 7.54. The van der Waals surface area contributed by atoms with E-state index >= 15 is 0 Å². The van der Waals surface area contributed by atoms with Gasteiger partial charge in [0.15, 0.2) is 5.82 Å². The van der Waals surface area contributed by atoms with Crippen LogP contribution < -0.4 is 0 Å². The van der Waals surface area contributed by atoms with Crippen molar-refractivity contribution in [1.29, 1.82) is 0 Å². The van der Waals surface area contributed by atoms with Crippen molar-refractivity contribution in [3.8, 4) is 0 Å². The van der Waals surface area contributed by atoms with E-state index in [9.17, 15) is 0 Å². The van der Waals surface area contributed by atoms with Gasteiger partial charge in [0.05, 0.1) is 0 Å². The Morgan fingerprint density at radius 1 is 1.39 bits per heavy atom. The number of nitrogens with zero attached hydrogens (tertiary/aromatic N) is 3. The number of rotatable bonds is 5. The number of allylic oxidation sites excluding steroid dienone is 4. The Labute approximate surface area is 109 Å². The first-order chi connectivity index (χ1) is 8.69. The molecular formula is C15H21N3. The van der Waals surface area contributed by atoms with E-state index in [1.54, 1.807) is 12.4 Å². The van der Waals surface area contributed by atoms with Gasteiger partial charge in [0.2, 0.25) is 0 Å². The maximum atomic E-state index is 4.30. The molecule has 1 rings (SSSR count). The molecule has 1 aromatic heterocycles. The zero-order valence-electron chi connectivity index (χ0n) is 11.6. The smallest absolute Gasteiger partial charge is 0.154 e. The molecule has 1 aromatic rings.